The molecule has 0 atom stereocenters. The van der Waals surface area contributed by atoms with Crippen LogP contribution in [0.3, 0.4) is 0 Å². The third kappa shape index (κ3) is 6.87. The maximum atomic E-state index is 13.1. The molecule has 8 heteroatoms. The molecule has 0 N–H and O–H groups in total. The summed E-state index contributed by atoms with van der Waals surface area (Å²) in [4.78, 5) is -0.134. The minimum Gasteiger partial charge on any atom is -0.266 e. The summed E-state index contributed by atoms with van der Waals surface area (Å²) in [5, 5.41) is 0. The van der Waals surface area contributed by atoms with E-state index in [-0.39, 0.29) is 45.5 Å². The number of aryl methyl sites for hydroxylation is 2. The summed E-state index contributed by atoms with van der Waals surface area (Å²) in [7, 11) is -8.23. The minimum absolute atomic E-state index is 0.000726. The van der Waals surface area contributed by atoms with Crippen LogP contribution >= 0.6 is 0 Å². The van der Waals surface area contributed by atoms with E-state index in [1.165, 1.54) is 12.1 Å². The van der Waals surface area contributed by atoms with Crippen molar-refractivity contribution in [1.29, 1.82) is 0 Å². The van der Waals surface area contributed by atoms with Gasteiger partial charge in [0.1, 0.15) is 9.79 Å². The Bertz CT molecular complexity index is 1140. The summed E-state index contributed by atoms with van der Waals surface area (Å²) in [5.74, 6) is 0.0177. The van der Waals surface area contributed by atoms with E-state index < -0.39 is 20.2 Å². The lowest BCUT2D eigenvalue weighted by molar-refractivity contribution is 0.203. The van der Waals surface area contributed by atoms with E-state index >= 15 is 0 Å². The molecule has 2 aromatic carbocycles. The number of rotatable bonds is 8. The van der Waals surface area contributed by atoms with Crippen LogP contribution in [0.25, 0.3) is 11.1 Å². The first-order valence-electron chi connectivity index (χ1n) is 10.1. The summed E-state index contributed by atoms with van der Waals surface area (Å²) in [5.41, 5.74) is 1.59. The second kappa shape index (κ2) is 9.40. The third-order valence-corrected chi connectivity index (χ3v) is 6.93. The van der Waals surface area contributed by atoms with Gasteiger partial charge < -0.3 is 0 Å². The Morgan fingerprint density at radius 1 is 0.774 bits per heavy atom. The van der Waals surface area contributed by atoms with E-state index in [9.17, 15) is 16.8 Å². The molecule has 31 heavy (non-hydrogen) atoms. The van der Waals surface area contributed by atoms with Gasteiger partial charge in [0.2, 0.25) is 0 Å². The first-order valence-corrected chi connectivity index (χ1v) is 12.9. The van der Waals surface area contributed by atoms with Gasteiger partial charge in [-0.25, -0.2) is 0 Å². The highest BCUT2D eigenvalue weighted by Crippen LogP contribution is 2.35. The standard InChI is InChI=1S/C23H32O6S2/c1-16(2)14-28-30(24,25)21-12-17(3)8-10-19(21)20-11-9-18(4)13-22(20)31(26,27)29-15-23(5,6)7/h8-13,16H,14-15H2,1-7H3. The largest absolute Gasteiger partial charge is 0.297 e. The Hall–Kier alpha value is -1.74. The fraction of sp³-hybridized carbons (Fsp3) is 0.478. The number of hydrogen-bond donors (Lipinski definition) is 0. The first kappa shape index (κ1) is 25.5. The van der Waals surface area contributed by atoms with Crippen molar-refractivity contribution >= 4 is 20.2 Å². The van der Waals surface area contributed by atoms with Gasteiger partial charge in [0.05, 0.1) is 13.2 Å². The highest BCUT2D eigenvalue weighted by Gasteiger charge is 2.28. The quantitative estimate of drug-likeness (QED) is 0.502. The SMILES string of the molecule is Cc1ccc(-c2ccc(C)cc2S(=O)(=O)OCC(C)(C)C)c(S(=O)(=O)OCC(C)C)c1. The Morgan fingerprint density at radius 2 is 1.19 bits per heavy atom. The fourth-order valence-corrected chi connectivity index (χ4v) is 5.49. The molecule has 2 aromatic rings. The minimum atomic E-state index is -4.13. The Morgan fingerprint density at radius 3 is 1.58 bits per heavy atom. The van der Waals surface area contributed by atoms with Crippen molar-refractivity contribution in [2.45, 2.75) is 58.3 Å². The van der Waals surface area contributed by atoms with Crippen LogP contribution in [0.4, 0.5) is 0 Å². The number of hydrogen-bond acceptors (Lipinski definition) is 6. The maximum absolute atomic E-state index is 13.1. The van der Waals surface area contributed by atoms with Gasteiger partial charge in [0.15, 0.2) is 0 Å². The molecule has 2 rings (SSSR count). The lowest BCUT2D eigenvalue weighted by Gasteiger charge is -2.20. The monoisotopic (exact) mass is 468 g/mol. The normalized spacial score (nSPS) is 13.0. The van der Waals surface area contributed by atoms with Gasteiger partial charge in [-0.15, -0.1) is 0 Å². The van der Waals surface area contributed by atoms with Gasteiger partial charge >= 0.3 is 0 Å². The second-order valence-corrected chi connectivity index (χ2v) is 12.6. The van der Waals surface area contributed by atoms with Crippen LogP contribution in [0.15, 0.2) is 46.2 Å². The molecular formula is C23H32O6S2. The molecule has 0 fully saturated rings. The molecular weight excluding hydrogens is 436 g/mol. The second-order valence-electron chi connectivity index (χ2n) is 9.41. The molecule has 0 radical (unpaired) electrons. The van der Waals surface area contributed by atoms with E-state index in [1.54, 1.807) is 38.1 Å². The Kier molecular flexibility index (Phi) is 7.74. The average molecular weight is 469 g/mol. The molecule has 6 nitrogen and oxygen atoms in total. The average Bonchev–Trinajstić information content (AvgIpc) is 2.65. The van der Waals surface area contributed by atoms with E-state index in [0.717, 1.165) is 5.56 Å². The summed E-state index contributed by atoms with van der Waals surface area (Å²) < 4.78 is 62.6. The number of benzene rings is 2. The Labute approximate surface area is 186 Å². The van der Waals surface area contributed by atoms with Crippen LogP contribution in [0.1, 0.15) is 45.7 Å². The van der Waals surface area contributed by atoms with E-state index in [2.05, 4.69) is 0 Å². The van der Waals surface area contributed by atoms with Gasteiger partial charge in [-0.1, -0.05) is 58.9 Å². The van der Waals surface area contributed by atoms with Crippen molar-refractivity contribution in [1.82, 2.24) is 0 Å². The predicted octanol–water partition coefficient (Wildman–Crippen LogP) is 5.08. The highest BCUT2D eigenvalue weighted by atomic mass is 32.2. The van der Waals surface area contributed by atoms with Gasteiger partial charge in [-0.2, -0.15) is 16.8 Å². The van der Waals surface area contributed by atoms with E-state index in [4.69, 9.17) is 8.37 Å². The zero-order valence-electron chi connectivity index (χ0n) is 19.2. The molecule has 0 aliphatic rings. The van der Waals surface area contributed by atoms with Crippen LogP contribution in [-0.2, 0) is 28.6 Å². The molecule has 0 aliphatic heterocycles. The highest BCUT2D eigenvalue weighted by molar-refractivity contribution is 7.87. The van der Waals surface area contributed by atoms with Crippen LogP contribution in [0.5, 0.6) is 0 Å². The van der Waals surface area contributed by atoms with Gasteiger partial charge in [-0.05, 0) is 48.4 Å². The van der Waals surface area contributed by atoms with Crippen molar-refractivity contribution in [3.8, 4) is 11.1 Å². The van der Waals surface area contributed by atoms with Crippen molar-refractivity contribution in [3.05, 3.63) is 47.5 Å². The molecule has 0 saturated carbocycles. The van der Waals surface area contributed by atoms with Crippen molar-refractivity contribution in [2.24, 2.45) is 11.3 Å². The molecule has 0 amide bonds. The molecule has 0 bridgehead atoms. The molecule has 172 valence electrons. The molecule has 0 unspecified atom stereocenters. The summed E-state index contributed by atoms with van der Waals surface area (Å²) in [6, 6.07) is 9.69. The van der Waals surface area contributed by atoms with Gasteiger partial charge in [0.25, 0.3) is 20.2 Å². The molecule has 0 aromatic heterocycles. The summed E-state index contributed by atoms with van der Waals surface area (Å²) >= 11 is 0. The molecule has 0 saturated heterocycles. The van der Waals surface area contributed by atoms with Crippen LogP contribution in [-0.4, -0.2) is 30.0 Å². The van der Waals surface area contributed by atoms with Gasteiger partial charge in [-0.3, -0.25) is 8.37 Å². The van der Waals surface area contributed by atoms with Gasteiger partial charge in [0, 0.05) is 11.1 Å². The van der Waals surface area contributed by atoms with E-state index in [1.807, 2.05) is 34.6 Å². The van der Waals surface area contributed by atoms with Crippen molar-refractivity contribution in [2.75, 3.05) is 13.2 Å². The van der Waals surface area contributed by atoms with E-state index in [0.29, 0.717) is 5.56 Å². The van der Waals surface area contributed by atoms with Crippen molar-refractivity contribution < 1.29 is 25.2 Å². The topological polar surface area (TPSA) is 86.7 Å². The van der Waals surface area contributed by atoms with Crippen molar-refractivity contribution in [3.63, 3.8) is 0 Å². The summed E-state index contributed by atoms with van der Waals surface area (Å²) in [6.07, 6.45) is 0. The lowest BCUT2D eigenvalue weighted by Crippen LogP contribution is -2.19. The molecule has 0 spiro atoms. The van der Waals surface area contributed by atoms with Crippen LogP contribution in [0.2, 0.25) is 0 Å². The van der Waals surface area contributed by atoms with Crippen LogP contribution < -0.4 is 0 Å². The zero-order chi connectivity index (χ0) is 23.6. The van der Waals surface area contributed by atoms with Crippen LogP contribution in [0, 0.1) is 25.2 Å². The first-order chi connectivity index (χ1) is 14.1. The third-order valence-electron chi connectivity index (χ3n) is 4.31. The smallest absolute Gasteiger partial charge is 0.266 e. The Balaban J connectivity index is 2.68. The molecule has 0 heterocycles. The maximum Gasteiger partial charge on any atom is 0.297 e. The fourth-order valence-electron chi connectivity index (χ4n) is 2.72. The predicted molar refractivity (Wildman–Crippen MR) is 122 cm³/mol. The lowest BCUT2D eigenvalue weighted by atomic mass is 9.99. The zero-order valence-corrected chi connectivity index (χ0v) is 20.9. The molecule has 0 aliphatic carbocycles. The summed E-state index contributed by atoms with van der Waals surface area (Å²) in [6.45, 7) is 12.9.